The third-order valence-electron chi connectivity index (χ3n) is 3.70. The highest BCUT2D eigenvalue weighted by Crippen LogP contribution is 2.25. The summed E-state index contributed by atoms with van der Waals surface area (Å²) in [5.41, 5.74) is 8.74. The summed E-state index contributed by atoms with van der Waals surface area (Å²) in [6.45, 7) is 1.07. The van der Waals surface area contributed by atoms with Gasteiger partial charge in [-0.25, -0.2) is 0 Å². The molecule has 0 spiro atoms. The van der Waals surface area contributed by atoms with Crippen molar-refractivity contribution in [2.75, 3.05) is 32.5 Å². The highest BCUT2D eigenvalue weighted by atomic mass is 19.4. The molecule has 0 aliphatic carbocycles. The van der Waals surface area contributed by atoms with Crippen molar-refractivity contribution in [2.24, 2.45) is 0 Å². The Kier molecular flexibility index (Phi) is 4.55. The molecule has 2 rings (SSSR count). The van der Waals surface area contributed by atoms with E-state index in [1.54, 1.807) is 4.90 Å². The fourth-order valence-electron chi connectivity index (χ4n) is 2.52. The van der Waals surface area contributed by atoms with E-state index in [4.69, 9.17) is 5.73 Å². The average molecular weight is 288 g/mol. The van der Waals surface area contributed by atoms with Crippen molar-refractivity contribution in [1.82, 2.24) is 4.90 Å². The first-order valence-corrected chi connectivity index (χ1v) is 6.59. The molecule has 1 aromatic rings. The first-order chi connectivity index (χ1) is 9.40. The lowest BCUT2D eigenvalue weighted by atomic mass is 10.0. The molecule has 1 aliphatic rings. The molecule has 0 saturated carbocycles. The summed E-state index contributed by atoms with van der Waals surface area (Å²) in [5, 5.41) is 0. The van der Waals surface area contributed by atoms with Crippen LogP contribution in [0.15, 0.2) is 18.2 Å². The molecule has 1 heterocycles. The van der Waals surface area contributed by atoms with E-state index in [2.05, 4.69) is 4.74 Å². The zero-order chi connectivity index (χ0) is 14.8. The lowest BCUT2D eigenvalue weighted by molar-refractivity contribution is -0.216. The minimum Gasteiger partial charge on any atom is -0.399 e. The lowest BCUT2D eigenvalue weighted by Gasteiger charge is -2.26. The molecule has 0 amide bonds. The van der Waals surface area contributed by atoms with Gasteiger partial charge in [0.2, 0.25) is 0 Å². The zero-order valence-electron chi connectivity index (χ0n) is 11.4. The highest BCUT2D eigenvalue weighted by molar-refractivity contribution is 5.45. The van der Waals surface area contributed by atoms with Crippen LogP contribution in [0.4, 0.5) is 18.9 Å². The molecule has 0 radical (unpaired) electrons. The summed E-state index contributed by atoms with van der Waals surface area (Å²) in [5.74, 6) is 0. The molecule has 20 heavy (non-hydrogen) atoms. The van der Waals surface area contributed by atoms with Gasteiger partial charge in [-0.15, -0.1) is 0 Å². The number of hydrogen-bond donors (Lipinski definition) is 1. The van der Waals surface area contributed by atoms with Crippen LogP contribution in [-0.4, -0.2) is 43.9 Å². The second kappa shape index (κ2) is 6.01. The summed E-state index contributed by atoms with van der Waals surface area (Å²) in [6, 6.07) is 5.71. The smallest absolute Gasteiger partial charge is 0.399 e. The van der Waals surface area contributed by atoms with Crippen molar-refractivity contribution < 1.29 is 17.9 Å². The maximum absolute atomic E-state index is 12.7. The summed E-state index contributed by atoms with van der Waals surface area (Å²) in [7, 11) is 1.10. The van der Waals surface area contributed by atoms with Gasteiger partial charge in [-0.1, -0.05) is 6.07 Å². The van der Waals surface area contributed by atoms with Crippen LogP contribution in [0.25, 0.3) is 0 Å². The molecule has 2 N–H and O–H groups in total. The van der Waals surface area contributed by atoms with Crippen molar-refractivity contribution in [1.29, 1.82) is 0 Å². The molecular weight excluding hydrogens is 269 g/mol. The lowest BCUT2D eigenvalue weighted by Crippen LogP contribution is -2.43. The number of benzene rings is 1. The van der Waals surface area contributed by atoms with Crippen LogP contribution in [0, 0.1) is 0 Å². The van der Waals surface area contributed by atoms with Gasteiger partial charge in [-0.2, -0.15) is 13.2 Å². The molecule has 6 heteroatoms. The SMILES string of the molecule is CO[C@H](CN1CCc2ccc(N)cc2CC1)C(F)(F)F. The Bertz CT molecular complexity index is 462. The van der Waals surface area contributed by atoms with E-state index in [0.29, 0.717) is 25.2 Å². The molecule has 0 saturated heterocycles. The van der Waals surface area contributed by atoms with E-state index < -0.39 is 12.3 Å². The number of nitrogen functional groups attached to an aromatic ring is 1. The van der Waals surface area contributed by atoms with E-state index in [-0.39, 0.29) is 6.54 Å². The van der Waals surface area contributed by atoms with Crippen LogP contribution in [0.2, 0.25) is 0 Å². The standard InChI is InChI=1S/C14H19F3N2O/c1-20-13(14(15,16)17)9-19-6-4-10-2-3-12(18)8-11(10)5-7-19/h2-3,8,13H,4-7,9,18H2,1H3/t13-/m1/s1. The van der Waals surface area contributed by atoms with E-state index >= 15 is 0 Å². The van der Waals surface area contributed by atoms with Crippen molar-refractivity contribution in [3.63, 3.8) is 0 Å². The fraction of sp³-hybridized carbons (Fsp3) is 0.571. The summed E-state index contributed by atoms with van der Waals surface area (Å²) < 4.78 is 42.7. The molecule has 0 fully saturated rings. The quantitative estimate of drug-likeness (QED) is 0.867. The molecular formula is C14H19F3N2O. The number of rotatable bonds is 3. The largest absolute Gasteiger partial charge is 0.415 e. The molecule has 3 nitrogen and oxygen atoms in total. The van der Waals surface area contributed by atoms with E-state index in [1.807, 2.05) is 18.2 Å². The van der Waals surface area contributed by atoms with Crippen LogP contribution >= 0.6 is 0 Å². The van der Waals surface area contributed by atoms with E-state index in [0.717, 1.165) is 19.1 Å². The summed E-state index contributed by atoms with van der Waals surface area (Å²) >= 11 is 0. The third-order valence-corrected chi connectivity index (χ3v) is 3.70. The van der Waals surface area contributed by atoms with Crippen LogP contribution in [0.5, 0.6) is 0 Å². The van der Waals surface area contributed by atoms with Crippen molar-refractivity contribution >= 4 is 5.69 Å². The number of anilines is 1. The van der Waals surface area contributed by atoms with Crippen LogP contribution in [0.1, 0.15) is 11.1 Å². The highest BCUT2D eigenvalue weighted by Gasteiger charge is 2.40. The Hall–Kier alpha value is -1.27. The van der Waals surface area contributed by atoms with Crippen LogP contribution in [0.3, 0.4) is 0 Å². The Morgan fingerprint density at radius 3 is 2.50 bits per heavy atom. The predicted molar refractivity (Wildman–Crippen MR) is 71.6 cm³/mol. The van der Waals surface area contributed by atoms with E-state index in [1.165, 1.54) is 5.56 Å². The van der Waals surface area contributed by atoms with Gasteiger partial charge in [0.1, 0.15) is 0 Å². The molecule has 0 unspecified atom stereocenters. The first kappa shape index (κ1) is 15.1. The second-order valence-electron chi connectivity index (χ2n) is 5.09. The van der Waals surface area contributed by atoms with Crippen LogP contribution in [-0.2, 0) is 17.6 Å². The number of hydrogen-bond acceptors (Lipinski definition) is 3. The third kappa shape index (κ3) is 3.64. The maximum atomic E-state index is 12.7. The average Bonchev–Trinajstić information content (AvgIpc) is 2.56. The van der Waals surface area contributed by atoms with Gasteiger partial charge in [-0.3, -0.25) is 4.90 Å². The number of methoxy groups -OCH3 is 1. The maximum Gasteiger partial charge on any atom is 0.415 e. The number of nitrogens with two attached hydrogens (primary N) is 1. The van der Waals surface area contributed by atoms with Crippen LogP contribution < -0.4 is 5.73 Å². The van der Waals surface area contributed by atoms with E-state index in [9.17, 15) is 13.2 Å². The fourth-order valence-corrected chi connectivity index (χ4v) is 2.52. The second-order valence-corrected chi connectivity index (χ2v) is 5.09. The number of ether oxygens (including phenoxy) is 1. The minimum absolute atomic E-state index is 0.122. The molecule has 0 aromatic heterocycles. The Labute approximate surface area is 116 Å². The normalized spacial score (nSPS) is 18.4. The summed E-state index contributed by atoms with van der Waals surface area (Å²) in [6.07, 6.45) is -4.59. The van der Waals surface area contributed by atoms with Gasteiger partial charge in [-0.05, 0) is 36.1 Å². The van der Waals surface area contributed by atoms with Crippen molar-refractivity contribution in [3.05, 3.63) is 29.3 Å². The number of fused-ring (bicyclic) bond motifs is 1. The topological polar surface area (TPSA) is 38.5 Å². The Balaban J connectivity index is 2.01. The van der Waals surface area contributed by atoms with Gasteiger partial charge in [0.05, 0.1) is 0 Å². The Morgan fingerprint density at radius 1 is 1.25 bits per heavy atom. The van der Waals surface area contributed by atoms with Gasteiger partial charge in [0.25, 0.3) is 0 Å². The molecule has 0 bridgehead atoms. The number of alkyl halides is 3. The molecule has 1 aromatic carbocycles. The Morgan fingerprint density at radius 2 is 1.90 bits per heavy atom. The van der Waals surface area contributed by atoms with Gasteiger partial charge in [0, 0.05) is 32.4 Å². The first-order valence-electron chi connectivity index (χ1n) is 6.59. The van der Waals surface area contributed by atoms with Gasteiger partial charge in [0.15, 0.2) is 6.10 Å². The summed E-state index contributed by atoms with van der Waals surface area (Å²) in [4.78, 5) is 1.80. The molecule has 1 atom stereocenters. The number of nitrogens with zero attached hydrogens (tertiary/aromatic N) is 1. The predicted octanol–water partition coefficient (Wildman–Crippen LogP) is 2.25. The van der Waals surface area contributed by atoms with Crippen molar-refractivity contribution in [2.45, 2.75) is 25.1 Å². The minimum atomic E-state index is -4.32. The van der Waals surface area contributed by atoms with Gasteiger partial charge >= 0.3 is 6.18 Å². The molecule has 1 aliphatic heterocycles. The monoisotopic (exact) mass is 288 g/mol. The van der Waals surface area contributed by atoms with Crippen molar-refractivity contribution in [3.8, 4) is 0 Å². The molecule has 112 valence electrons. The zero-order valence-corrected chi connectivity index (χ0v) is 11.4. The van der Waals surface area contributed by atoms with Gasteiger partial charge < -0.3 is 10.5 Å². The number of halogens is 3.